The summed E-state index contributed by atoms with van der Waals surface area (Å²) in [6, 6.07) is 6.70. The van der Waals surface area contributed by atoms with Gasteiger partial charge in [-0.15, -0.1) is 0 Å². The fourth-order valence-corrected chi connectivity index (χ4v) is 3.22. The van der Waals surface area contributed by atoms with Crippen molar-refractivity contribution in [3.8, 4) is 0 Å². The number of nitrogens with one attached hydrogen (secondary N) is 2. The third kappa shape index (κ3) is 6.13. The molecule has 1 aromatic carbocycles. The number of carbonyl (C=O) groups is 2. The summed E-state index contributed by atoms with van der Waals surface area (Å²) in [6.07, 6.45) is -3.31. The summed E-state index contributed by atoms with van der Waals surface area (Å²) >= 11 is 0. The third-order valence-corrected chi connectivity index (χ3v) is 4.77. The number of alkyl halides is 3. The fourth-order valence-electron chi connectivity index (χ4n) is 3.22. The van der Waals surface area contributed by atoms with Crippen LogP contribution in [0.15, 0.2) is 30.3 Å². The number of carbonyl (C=O) groups excluding carboxylic acids is 1. The van der Waals surface area contributed by atoms with Gasteiger partial charge in [-0.3, -0.25) is 9.69 Å². The highest BCUT2D eigenvalue weighted by Crippen LogP contribution is 2.34. The van der Waals surface area contributed by atoms with E-state index in [4.69, 9.17) is 5.11 Å². The summed E-state index contributed by atoms with van der Waals surface area (Å²) in [6.45, 7) is 1.83. The molecule has 150 valence electrons. The van der Waals surface area contributed by atoms with E-state index < -0.39 is 30.6 Å². The molecule has 27 heavy (non-hydrogen) atoms. The van der Waals surface area contributed by atoms with Crippen LogP contribution in [0.1, 0.15) is 31.2 Å². The second-order valence-electron chi connectivity index (χ2n) is 6.64. The fraction of sp³-hybridized carbons (Fsp3) is 0.556. The first kappa shape index (κ1) is 21.0. The van der Waals surface area contributed by atoms with E-state index in [1.807, 2.05) is 6.92 Å². The second-order valence-corrected chi connectivity index (χ2v) is 6.64. The second kappa shape index (κ2) is 9.07. The monoisotopic (exact) mass is 387 g/mol. The van der Waals surface area contributed by atoms with Gasteiger partial charge < -0.3 is 15.7 Å². The van der Waals surface area contributed by atoms with Gasteiger partial charge in [0.05, 0.1) is 12.5 Å². The molecule has 1 fully saturated rings. The number of carboxylic acid groups (broad SMARTS) is 1. The number of halogens is 3. The molecular formula is C18H24F3N3O3. The number of carboxylic acids is 1. The van der Waals surface area contributed by atoms with Crippen molar-refractivity contribution < 1.29 is 27.9 Å². The molecule has 0 heterocycles. The molecule has 0 saturated heterocycles. The van der Waals surface area contributed by atoms with E-state index >= 15 is 0 Å². The van der Waals surface area contributed by atoms with E-state index in [1.54, 1.807) is 11.0 Å². The van der Waals surface area contributed by atoms with Crippen LogP contribution in [0.4, 0.5) is 18.0 Å². The zero-order valence-corrected chi connectivity index (χ0v) is 15.0. The summed E-state index contributed by atoms with van der Waals surface area (Å²) in [5.41, 5.74) is 0.0984. The van der Waals surface area contributed by atoms with Gasteiger partial charge in [0.15, 0.2) is 0 Å². The molecule has 1 saturated carbocycles. The molecule has 2 rings (SSSR count). The van der Waals surface area contributed by atoms with Crippen molar-refractivity contribution in [2.24, 2.45) is 0 Å². The Morgan fingerprint density at radius 2 is 1.89 bits per heavy atom. The summed E-state index contributed by atoms with van der Waals surface area (Å²) in [5.74, 6) is -2.69. The number of rotatable bonds is 8. The van der Waals surface area contributed by atoms with Gasteiger partial charge in [0.25, 0.3) is 0 Å². The molecule has 9 heteroatoms. The SMILES string of the molecule is CCN(CC(=O)O)C1CC(NC(=O)NCC(c2ccccc2)C(F)(F)F)C1. The molecule has 2 amide bonds. The minimum Gasteiger partial charge on any atom is -0.480 e. The maximum atomic E-state index is 13.3. The van der Waals surface area contributed by atoms with E-state index in [1.165, 1.54) is 24.3 Å². The Hall–Kier alpha value is -2.29. The van der Waals surface area contributed by atoms with Gasteiger partial charge in [-0.25, -0.2) is 4.79 Å². The molecule has 1 aliphatic rings. The van der Waals surface area contributed by atoms with Crippen molar-refractivity contribution in [3.63, 3.8) is 0 Å². The zero-order valence-electron chi connectivity index (χ0n) is 15.0. The number of benzene rings is 1. The zero-order chi connectivity index (χ0) is 20.0. The largest absolute Gasteiger partial charge is 0.480 e. The van der Waals surface area contributed by atoms with Crippen LogP contribution in [0.2, 0.25) is 0 Å². The molecule has 1 unspecified atom stereocenters. The molecule has 0 bridgehead atoms. The van der Waals surface area contributed by atoms with E-state index in [9.17, 15) is 22.8 Å². The number of likely N-dealkylation sites (N-methyl/N-ethyl adjacent to an activating group) is 1. The van der Waals surface area contributed by atoms with Gasteiger partial charge in [-0.05, 0) is 24.9 Å². The minimum atomic E-state index is -4.46. The van der Waals surface area contributed by atoms with E-state index in [0.717, 1.165) is 0 Å². The van der Waals surface area contributed by atoms with E-state index in [-0.39, 0.29) is 24.2 Å². The van der Waals surface area contributed by atoms with Crippen molar-refractivity contribution in [1.29, 1.82) is 0 Å². The average molecular weight is 387 g/mol. The normalized spacial score (nSPS) is 20.6. The number of hydrogen-bond acceptors (Lipinski definition) is 3. The van der Waals surface area contributed by atoms with Crippen LogP contribution in [0, 0.1) is 0 Å². The van der Waals surface area contributed by atoms with Gasteiger partial charge in [-0.2, -0.15) is 13.2 Å². The van der Waals surface area contributed by atoms with Gasteiger partial charge in [0, 0.05) is 18.6 Å². The Morgan fingerprint density at radius 3 is 2.41 bits per heavy atom. The van der Waals surface area contributed by atoms with Crippen LogP contribution in [0.3, 0.4) is 0 Å². The highest BCUT2D eigenvalue weighted by molar-refractivity contribution is 5.74. The first-order valence-electron chi connectivity index (χ1n) is 8.82. The van der Waals surface area contributed by atoms with Gasteiger partial charge in [-0.1, -0.05) is 37.3 Å². The summed E-state index contributed by atoms with van der Waals surface area (Å²) in [5, 5.41) is 13.8. The van der Waals surface area contributed by atoms with Gasteiger partial charge >= 0.3 is 18.2 Å². The summed E-state index contributed by atoms with van der Waals surface area (Å²) in [7, 11) is 0. The van der Waals surface area contributed by atoms with E-state index in [0.29, 0.717) is 19.4 Å². The first-order chi connectivity index (χ1) is 12.7. The van der Waals surface area contributed by atoms with Crippen molar-refractivity contribution >= 4 is 12.0 Å². The quantitative estimate of drug-likeness (QED) is 0.640. The third-order valence-electron chi connectivity index (χ3n) is 4.77. The lowest BCUT2D eigenvalue weighted by Gasteiger charge is -2.42. The lowest BCUT2D eigenvalue weighted by Crippen LogP contribution is -2.56. The molecule has 0 aliphatic heterocycles. The molecule has 3 N–H and O–H groups in total. The highest BCUT2D eigenvalue weighted by Gasteiger charge is 2.41. The Morgan fingerprint density at radius 1 is 1.26 bits per heavy atom. The first-order valence-corrected chi connectivity index (χ1v) is 8.82. The Kier molecular flexibility index (Phi) is 7.06. The molecule has 1 aromatic rings. The van der Waals surface area contributed by atoms with Crippen molar-refractivity contribution in [2.75, 3.05) is 19.6 Å². The number of hydrogen-bond donors (Lipinski definition) is 3. The van der Waals surface area contributed by atoms with Crippen molar-refractivity contribution in [1.82, 2.24) is 15.5 Å². The van der Waals surface area contributed by atoms with Crippen LogP contribution in [0.5, 0.6) is 0 Å². The lowest BCUT2D eigenvalue weighted by molar-refractivity contribution is -0.149. The van der Waals surface area contributed by atoms with Crippen LogP contribution in [-0.4, -0.2) is 59.9 Å². The topological polar surface area (TPSA) is 81.7 Å². The van der Waals surface area contributed by atoms with Crippen LogP contribution >= 0.6 is 0 Å². The predicted molar refractivity (Wildman–Crippen MR) is 93.5 cm³/mol. The smallest absolute Gasteiger partial charge is 0.397 e. The molecule has 1 aliphatic carbocycles. The molecule has 6 nitrogen and oxygen atoms in total. The molecule has 0 spiro atoms. The minimum absolute atomic E-state index is 0.0589. The summed E-state index contributed by atoms with van der Waals surface area (Å²) < 4.78 is 39.8. The van der Waals surface area contributed by atoms with Gasteiger partial charge in [0.2, 0.25) is 0 Å². The standard InChI is InChI=1S/C18H24F3N3O3/c1-2-24(11-16(25)26)14-8-13(9-14)23-17(27)22-10-15(18(19,20)21)12-6-4-3-5-7-12/h3-7,13-15H,2,8-11H2,1H3,(H,25,26)(H2,22,23,27). The number of nitrogens with zero attached hydrogens (tertiary/aromatic N) is 1. The van der Waals surface area contributed by atoms with E-state index in [2.05, 4.69) is 10.6 Å². The summed E-state index contributed by atoms with van der Waals surface area (Å²) in [4.78, 5) is 24.5. The number of amides is 2. The van der Waals surface area contributed by atoms with Crippen LogP contribution in [-0.2, 0) is 4.79 Å². The molecule has 1 atom stereocenters. The van der Waals surface area contributed by atoms with Gasteiger partial charge in [0.1, 0.15) is 0 Å². The average Bonchev–Trinajstić information content (AvgIpc) is 2.55. The molecule has 0 radical (unpaired) electrons. The van der Waals surface area contributed by atoms with Crippen LogP contribution < -0.4 is 10.6 Å². The maximum Gasteiger partial charge on any atom is 0.397 e. The Balaban J connectivity index is 1.80. The van der Waals surface area contributed by atoms with Crippen molar-refractivity contribution in [3.05, 3.63) is 35.9 Å². The number of aliphatic carboxylic acids is 1. The lowest BCUT2D eigenvalue weighted by atomic mass is 9.85. The predicted octanol–water partition coefficient (Wildman–Crippen LogP) is 2.57. The van der Waals surface area contributed by atoms with Crippen LogP contribution in [0.25, 0.3) is 0 Å². The Bertz CT molecular complexity index is 634. The Labute approximate surface area is 155 Å². The maximum absolute atomic E-state index is 13.3. The number of urea groups is 1. The highest BCUT2D eigenvalue weighted by atomic mass is 19.4. The van der Waals surface area contributed by atoms with Crippen molar-refractivity contribution in [2.45, 2.75) is 43.9 Å². The molecular weight excluding hydrogens is 363 g/mol. The molecule has 0 aromatic heterocycles.